The zero-order valence-electron chi connectivity index (χ0n) is 10.3. The van der Waals surface area contributed by atoms with Crippen molar-refractivity contribution in [2.24, 2.45) is 11.8 Å². The zero-order chi connectivity index (χ0) is 14.0. The van der Waals surface area contributed by atoms with Gasteiger partial charge in [0.15, 0.2) is 9.84 Å². The molecule has 1 aromatic carbocycles. The molecule has 1 aliphatic rings. The molecule has 1 aromatic rings. The van der Waals surface area contributed by atoms with Gasteiger partial charge in [-0.15, -0.1) is 11.6 Å². The second-order valence-electron chi connectivity index (χ2n) is 5.02. The third-order valence-electron chi connectivity index (χ3n) is 3.63. The van der Waals surface area contributed by atoms with E-state index < -0.39 is 9.84 Å². The van der Waals surface area contributed by atoms with Crippen molar-refractivity contribution in [3.05, 3.63) is 33.3 Å². The van der Waals surface area contributed by atoms with E-state index in [2.05, 4.69) is 15.9 Å². The summed E-state index contributed by atoms with van der Waals surface area (Å²) in [5.74, 6) is 1.34. The lowest BCUT2D eigenvalue weighted by Gasteiger charge is -2.20. The van der Waals surface area contributed by atoms with Gasteiger partial charge in [0.1, 0.15) is 0 Å². The quantitative estimate of drug-likeness (QED) is 0.735. The molecule has 0 amide bonds. The van der Waals surface area contributed by atoms with Crippen LogP contribution in [0.15, 0.2) is 22.7 Å². The maximum Gasteiger partial charge on any atom is 0.150 e. The molecule has 1 aliphatic heterocycles. The maximum atomic E-state index is 11.6. The molecule has 2 unspecified atom stereocenters. The topological polar surface area (TPSA) is 34.1 Å². The maximum absolute atomic E-state index is 11.6. The van der Waals surface area contributed by atoms with Crippen LogP contribution in [0.25, 0.3) is 0 Å². The van der Waals surface area contributed by atoms with E-state index in [9.17, 15) is 8.42 Å². The standard InChI is InChI=1S/C13H15BrCl2O2S/c14-12-2-1-9(13(16)6-12)5-11(7-15)10-3-4-19(17,18)8-10/h1-2,6,10-11H,3-5,7-8H2. The molecule has 0 aromatic heterocycles. The van der Waals surface area contributed by atoms with Gasteiger partial charge in [0.05, 0.1) is 11.5 Å². The lowest BCUT2D eigenvalue weighted by atomic mass is 9.88. The molecule has 6 heteroatoms. The van der Waals surface area contributed by atoms with Gasteiger partial charge in [-0.25, -0.2) is 8.42 Å². The predicted octanol–water partition coefficient (Wildman–Crippen LogP) is 3.93. The first kappa shape index (κ1) is 15.6. The van der Waals surface area contributed by atoms with E-state index in [0.717, 1.165) is 16.5 Å². The fourth-order valence-electron chi connectivity index (χ4n) is 2.51. The smallest absolute Gasteiger partial charge is 0.150 e. The van der Waals surface area contributed by atoms with Gasteiger partial charge in [0, 0.05) is 15.4 Å². The monoisotopic (exact) mass is 384 g/mol. The van der Waals surface area contributed by atoms with Crippen molar-refractivity contribution in [3.63, 3.8) is 0 Å². The molecule has 2 nitrogen and oxygen atoms in total. The largest absolute Gasteiger partial charge is 0.229 e. The van der Waals surface area contributed by atoms with Crippen molar-refractivity contribution >= 4 is 49.0 Å². The zero-order valence-corrected chi connectivity index (χ0v) is 14.2. The van der Waals surface area contributed by atoms with Gasteiger partial charge in [-0.05, 0) is 42.4 Å². The lowest BCUT2D eigenvalue weighted by molar-refractivity contribution is 0.398. The van der Waals surface area contributed by atoms with Crippen LogP contribution in [0, 0.1) is 11.8 Å². The van der Waals surface area contributed by atoms with Crippen molar-refractivity contribution in [2.45, 2.75) is 12.8 Å². The molecule has 19 heavy (non-hydrogen) atoms. The summed E-state index contributed by atoms with van der Waals surface area (Å²) in [5, 5.41) is 0.699. The van der Waals surface area contributed by atoms with E-state index in [1.165, 1.54) is 0 Å². The summed E-state index contributed by atoms with van der Waals surface area (Å²) in [5.41, 5.74) is 1.03. The molecular formula is C13H15BrCl2O2S. The molecule has 2 atom stereocenters. The Morgan fingerprint density at radius 3 is 2.68 bits per heavy atom. The first-order valence-corrected chi connectivity index (χ1v) is 9.64. The third-order valence-corrected chi connectivity index (χ3v) is 6.66. The van der Waals surface area contributed by atoms with E-state index in [-0.39, 0.29) is 17.6 Å². The van der Waals surface area contributed by atoms with Gasteiger partial charge in [-0.1, -0.05) is 33.6 Å². The number of alkyl halides is 1. The highest BCUT2D eigenvalue weighted by atomic mass is 79.9. The number of hydrogen-bond acceptors (Lipinski definition) is 2. The molecule has 1 saturated heterocycles. The molecule has 1 fully saturated rings. The van der Waals surface area contributed by atoms with Crippen LogP contribution >= 0.6 is 39.1 Å². The van der Waals surface area contributed by atoms with Crippen molar-refractivity contribution in [3.8, 4) is 0 Å². The van der Waals surface area contributed by atoms with Crippen LogP contribution in [-0.2, 0) is 16.3 Å². The van der Waals surface area contributed by atoms with Crippen molar-refractivity contribution in [2.75, 3.05) is 17.4 Å². The Kier molecular flexibility index (Phi) is 5.21. The van der Waals surface area contributed by atoms with Gasteiger partial charge in [-0.2, -0.15) is 0 Å². The first-order valence-electron chi connectivity index (χ1n) is 6.11. The van der Waals surface area contributed by atoms with E-state index in [0.29, 0.717) is 23.1 Å². The highest BCUT2D eigenvalue weighted by Crippen LogP contribution is 2.32. The highest BCUT2D eigenvalue weighted by Gasteiger charge is 2.33. The highest BCUT2D eigenvalue weighted by molar-refractivity contribution is 9.10. The summed E-state index contributed by atoms with van der Waals surface area (Å²) in [7, 11) is -2.86. The van der Waals surface area contributed by atoms with Gasteiger partial charge in [0.25, 0.3) is 0 Å². The Bertz CT molecular complexity index is 560. The Balaban J connectivity index is 2.11. The minimum absolute atomic E-state index is 0.155. The van der Waals surface area contributed by atoms with E-state index in [1.807, 2.05) is 18.2 Å². The number of halogens is 3. The van der Waals surface area contributed by atoms with Gasteiger partial charge < -0.3 is 0 Å². The third kappa shape index (κ3) is 4.10. The Hall–Kier alpha value is 0.230. The Morgan fingerprint density at radius 2 is 2.16 bits per heavy atom. The number of hydrogen-bond donors (Lipinski definition) is 0. The van der Waals surface area contributed by atoms with Gasteiger partial charge >= 0.3 is 0 Å². The van der Waals surface area contributed by atoms with E-state index in [1.54, 1.807) is 0 Å². The van der Waals surface area contributed by atoms with Gasteiger partial charge in [0.2, 0.25) is 0 Å². The summed E-state index contributed by atoms with van der Waals surface area (Å²) in [6.45, 7) is 0. The minimum atomic E-state index is -2.86. The molecule has 0 spiro atoms. The van der Waals surface area contributed by atoms with Crippen molar-refractivity contribution in [1.29, 1.82) is 0 Å². The Morgan fingerprint density at radius 1 is 1.42 bits per heavy atom. The van der Waals surface area contributed by atoms with E-state index in [4.69, 9.17) is 23.2 Å². The second-order valence-corrected chi connectivity index (χ2v) is 8.88. The lowest BCUT2D eigenvalue weighted by Crippen LogP contribution is -2.20. The summed E-state index contributed by atoms with van der Waals surface area (Å²) in [6, 6.07) is 5.76. The predicted molar refractivity (Wildman–Crippen MR) is 83.8 cm³/mol. The molecule has 2 rings (SSSR count). The second kappa shape index (κ2) is 6.33. The van der Waals surface area contributed by atoms with Crippen LogP contribution in [0.5, 0.6) is 0 Å². The molecule has 0 bridgehead atoms. The number of rotatable bonds is 4. The number of sulfone groups is 1. The fourth-order valence-corrected chi connectivity index (χ4v) is 5.54. The van der Waals surface area contributed by atoms with Crippen LogP contribution < -0.4 is 0 Å². The Labute approximate surface area is 132 Å². The minimum Gasteiger partial charge on any atom is -0.229 e. The number of benzene rings is 1. The fraction of sp³-hybridized carbons (Fsp3) is 0.538. The van der Waals surface area contributed by atoms with Crippen LogP contribution in [0.2, 0.25) is 5.02 Å². The van der Waals surface area contributed by atoms with Gasteiger partial charge in [-0.3, -0.25) is 0 Å². The SMILES string of the molecule is O=S1(=O)CCC(C(CCl)Cc2ccc(Br)cc2Cl)C1. The molecule has 0 N–H and O–H groups in total. The summed E-state index contributed by atoms with van der Waals surface area (Å²) in [4.78, 5) is 0. The van der Waals surface area contributed by atoms with Crippen LogP contribution in [0.3, 0.4) is 0 Å². The first-order chi connectivity index (χ1) is 8.91. The molecule has 1 heterocycles. The molecule has 0 saturated carbocycles. The van der Waals surface area contributed by atoms with Crippen LogP contribution in [0.4, 0.5) is 0 Å². The van der Waals surface area contributed by atoms with Crippen molar-refractivity contribution in [1.82, 2.24) is 0 Å². The summed E-state index contributed by atoms with van der Waals surface area (Å²) in [6.07, 6.45) is 1.45. The molecule has 0 aliphatic carbocycles. The average Bonchev–Trinajstić information content (AvgIpc) is 2.69. The normalized spacial score (nSPS) is 23.4. The van der Waals surface area contributed by atoms with E-state index >= 15 is 0 Å². The van der Waals surface area contributed by atoms with Crippen molar-refractivity contribution < 1.29 is 8.42 Å². The molecular weight excluding hydrogens is 371 g/mol. The summed E-state index contributed by atoms with van der Waals surface area (Å²) >= 11 is 15.6. The summed E-state index contributed by atoms with van der Waals surface area (Å²) < 4.78 is 24.0. The van der Waals surface area contributed by atoms with Crippen LogP contribution in [-0.4, -0.2) is 25.8 Å². The molecule has 106 valence electrons. The molecule has 0 radical (unpaired) electrons. The van der Waals surface area contributed by atoms with Crippen LogP contribution in [0.1, 0.15) is 12.0 Å². The average molecular weight is 386 g/mol.